The molecule has 0 saturated heterocycles. The number of nitrogens with one attached hydrogen (secondary N) is 1. The van der Waals surface area contributed by atoms with E-state index >= 15 is 0 Å². The van der Waals surface area contributed by atoms with Gasteiger partial charge in [-0.25, -0.2) is 0 Å². The molecule has 1 aliphatic carbocycles. The average molecular weight is 215 g/mol. The van der Waals surface area contributed by atoms with Gasteiger partial charge in [-0.05, 0) is 43.4 Å². The van der Waals surface area contributed by atoms with Crippen LogP contribution in [0, 0.1) is 0 Å². The Kier molecular flexibility index (Phi) is 3.79. The highest BCUT2D eigenvalue weighted by Crippen LogP contribution is 2.40. The molecule has 16 heavy (non-hydrogen) atoms. The van der Waals surface area contributed by atoms with Crippen molar-refractivity contribution in [2.24, 2.45) is 0 Å². The maximum Gasteiger partial charge on any atom is 0.0164 e. The lowest BCUT2D eigenvalue weighted by Crippen LogP contribution is -2.09. The van der Waals surface area contributed by atoms with Crippen molar-refractivity contribution in [3.05, 3.63) is 41.0 Å². The highest BCUT2D eigenvalue weighted by Gasteiger charge is 2.23. The van der Waals surface area contributed by atoms with E-state index in [1.165, 1.54) is 29.5 Å². The summed E-state index contributed by atoms with van der Waals surface area (Å²) in [6.07, 6.45) is 6.20. The van der Waals surface area contributed by atoms with E-state index in [2.05, 4.69) is 42.6 Å². The van der Waals surface area contributed by atoms with Crippen LogP contribution in [-0.2, 0) is 0 Å². The molecule has 1 aromatic carbocycles. The molecule has 0 unspecified atom stereocenters. The van der Waals surface area contributed by atoms with E-state index in [0.29, 0.717) is 0 Å². The SMILES string of the molecule is CCC(=Cc1cccc(C2CC2)c1)CNC. The fraction of sp³-hybridized carbons (Fsp3) is 0.467. The lowest BCUT2D eigenvalue weighted by molar-refractivity contribution is 0.851. The summed E-state index contributed by atoms with van der Waals surface area (Å²) in [4.78, 5) is 0. The Bertz CT molecular complexity index is 375. The predicted molar refractivity (Wildman–Crippen MR) is 70.6 cm³/mol. The normalized spacial score (nSPS) is 16.5. The van der Waals surface area contributed by atoms with Crippen LogP contribution in [-0.4, -0.2) is 13.6 Å². The van der Waals surface area contributed by atoms with Crippen LogP contribution in [0.15, 0.2) is 29.8 Å². The smallest absolute Gasteiger partial charge is 0.0164 e. The molecule has 1 heteroatoms. The van der Waals surface area contributed by atoms with Gasteiger partial charge in [0.1, 0.15) is 0 Å². The number of rotatable bonds is 5. The van der Waals surface area contributed by atoms with Crippen LogP contribution < -0.4 is 5.32 Å². The minimum Gasteiger partial charge on any atom is -0.316 e. The van der Waals surface area contributed by atoms with Gasteiger partial charge in [0.2, 0.25) is 0 Å². The monoisotopic (exact) mass is 215 g/mol. The highest BCUT2D eigenvalue weighted by molar-refractivity contribution is 5.54. The molecule has 1 fully saturated rings. The lowest BCUT2D eigenvalue weighted by atomic mass is 10.0. The molecule has 0 atom stereocenters. The zero-order chi connectivity index (χ0) is 11.4. The third-order valence-electron chi connectivity index (χ3n) is 3.19. The van der Waals surface area contributed by atoms with E-state index < -0.39 is 0 Å². The summed E-state index contributed by atoms with van der Waals surface area (Å²) >= 11 is 0. The first-order valence-electron chi connectivity index (χ1n) is 6.27. The summed E-state index contributed by atoms with van der Waals surface area (Å²) in [5.41, 5.74) is 4.35. The molecule has 0 amide bonds. The number of benzene rings is 1. The second kappa shape index (κ2) is 5.31. The van der Waals surface area contributed by atoms with Crippen molar-refractivity contribution in [1.29, 1.82) is 0 Å². The Balaban J connectivity index is 2.15. The van der Waals surface area contributed by atoms with Crippen molar-refractivity contribution < 1.29 is 0 Å². The second-order valence-corrected chi connectivity index (χ2v) is 4.63. The van der Waals surface area contributed by atoms with Gasteiger partial charge in [0.25, 0.3) is 0 Å². The largest absolute Gasteiger partial charge is 0.316 e. The highest BCUT2D eigenvalue weighted by atomic mass is 14.8. The van der Waals surface area contributed by atoms with Crippen molar-refractivity contribution in [2.75, 3.05) is 13.6 Å². The minimum absolute atomic E-state index is 0.850. The van der Waals surface area contributed by atoms with Crippen LogP contribution in [0.25, 0.3) is 6.08 Å². The molecule has 1 nitrogen and oxygen atoms in total. The van der Waals surface area contributed by atoms with Crippen molar-refractivity contribution in [3.63, 3.8) is 0 Å². The van der Waals surface area contributed by atoms with Crippen LogP contribution in [0.5, 0.6) is 0 Å². The number of likely N-dealkylation sites (N-methyl/N-ethyl adjacent to an activating group) is 1. The zero-order valence-electron chi connectivity index (χ0n) is 10.3. The van der Waals surface area contributed by atoms with Crippen molar-refractivity contribution in [3.8, 4) is 0 Å². The van der Waals surface area contributed by atoms with Crippen LogP contribution in [0.1, 0.15) is 43.2 Å². The first-order chi connectivity index (χ1) is 7.83. The van der Waals surface area contributed by atoms with Crippen LogP contribution >= 0.6 is 0 Å². The maximum atomic E-state index is 3.22. The van der Waals surface area contributed by atoms with Gasteiger partial charge in [-0.1, -0.05) is 42.8 Å². The number of hydrogen-bond acceptors (Lipinski definition) is 1. The molecule has 0 radical (unpaired) electrons. The third kappa shape index (κ3) is 2.96. The molecule has 2 rings (SSSR count). The van der Waals surface area contributed by atoms with Crippen molar-refractivity contribution >= 4 is 6.08 Å². The molecule has 0 spiro atoms. The van der Waals surface area contributed by atoms with E-state index in [1.807, 2.05) is 7.05 Å². The summed E-state index contributed by atoms with van der Waals surface area (Å²) in [5.74, 6) is 0.850. The molecule has 0 aromatic heterocycles. The van der Waals surface area contributed by atoms with E-state index in [1.54, 1.807) is 0 Å². The zero-order valence-corrected chi connectivity index (χ0v) is 10.3. The number of hydrogen-bond donors (Lipinski definition) is 1. The molecule has 86 valence electrons. The fourth-order valence-electron chi connectivity index (χ4n) is 2.06. The fourth-order valence-corrected chi connectivity index (χ4v) is 2.06. The van der Waals surface area contributed by atoms with Crippen LogP contribution in [0.3, 0.4) is 0 Å². The predicted octanol–water partition coefficient (Wildman–Crippen LogP) is 3.58. The van der Waals surface area contributed by atoms with Gasteiger partial charge >= 0.3 is 0 Å². The van der Waals surface area contributed by atoms with Crippen LogP contribution in [0.4, 0.5) is 0 Å². The van der Waals surface area contributed by atoms with Gasteiger partial charge in [0.05, 0.1) is 0 Å². The topological polar surface area (TPSA) is 12.0 Å². The Hall–Kier alpha value is -1.08. The van der Waals surface area contributed by atoms with E-state index in [4.69, 9.17) is 0 Å². The van der Waals surface area contributed by atoms with Crippen LogP contribution in [0.2, 0.25) is 0 Å². The van der Waals surface area contributed by atoms with Gasteiger partial charge in [-0.15, -0.1) is 0 Å². The molecule has 0 heterocycles. The Morgan fingerprint density at radius 1 is 1.44 bits per heavy atom. The molecule has 0 bridgehead atoms. The second-order valence-electron chi connectivity index (χ2n) is 4.63. The standard InChI is InChI=1S/C15H21N/c1-3-12(11-16-2)9-13-5-4-6-15(10-13)14-7-8-14/h4-6,9-10,14,16H,3,7-8,11H2,1-2H3. The quantitative estimate of drug-likeness (QED) is 0.791. The Labute approximate surface area is 98.6 Å². The van der Waals surface area contributed by atoms with E-state index in [0.717, 1.165) is 18.9 Å². The molecule has 1 saturated carbocycles. The summed E-state index contributed by atoms with van der Waals surface area (Å²) in [7, 11) is 2.00. The van der Waals surface area contributed by atoms with Gasteiger partial charge in [-0.2, -0.15) is 0 Å². The van der Waals surface area contributed by atoms with E-state index in [-0.39, 0.29) is 0 Å². The molecular weight excluding hydrogens is 194 g/mol. The molecular formula is C15H21N. The summed E-state index contributed by atoms with van der Waals surface area (Å²) in [5, 5.41) is 3.22. The summed E-state index contributed by atoms with van der Waals surface area (Å²) < 4.78 is 0. The minimum atomic E-state index is 0.850. The van der Waals surface area contributed by atoms with Gasteiger partial charge in [0, 0.05) is 6.54 Å². The van der Waals surface area contributed by atoms with Crippen molar-refractivity contribution in [1.82, 2.24) is 5.32 Å². The molecule has 1 N–H and O–H groups in total. The molecule has 1 aromatic rings. The third-order valence-corrected chi connectivity index (χ3v) is 3.19. The molecule has 1 aliphatic rings. The first-order valence-corrected chi connectivity index (χ1v) is 6.27. The van der Waals surface area contributed by atoms with Gasteiger partial charge < -0.3 is 5.32 Å². The average Bonchev–Trinajstić information content (AvgIpc) is 3.13. The van der Waals surface area contributed by atoms with Crippen molar-refractivity contribution in [2.45, 2.75) is 32.1 Å². The van der Waals surface area contributed by atoms with Gasteiger partial charge in [0.15, 0.2) is 0 Å². The summed E-state index contributed by atoms with van der Waals surface area (Å²) in [6.45, 7) is 3.21. The van der Waals surface area contributed by atoms with E-state index in [9.17, 15) is 0 Å². The Morgan fingerprint density at radius 2 is 2.25 bits per heavy atom. The first kappa shape index (κ1) is 11.4. The maximum absolute atomic E-state index is 3.22. The lowest BCUT2D eigenvalue weighted by Gasteiger charge is -2.05. The summed E-state index contributed by atoms with van der Waals surface area (Å²) in [6, 6.07) is 9.00. The molecule has 0 aliphatic heterocycles. The Morgan fingerprint density at radius 3 is 2.88 bits per heavy atom. The van der Waals surface area contributed by atoms with Gasteiger partial charge in [-0.3, -0.25) is 0 Å².